The van der Waals surface area contributed by atoms with Gasteiger partial charge in [-0.05, 0) is 32.1 Å². The maximum absolute atomic E-state index is 11.4. The third kappa shape index (κ3) is 3.63. The Morgan fingerprint density at radius 1 is 1.56 bits per heavy atom. The van der Waals surface area contributed by atoms with Crippen molar-refractivity contribution >= 4 is 5.97 Å². The van der Waals surface area contributed by atoms with Gasteiger partial charge in [-0.25, -0.2) is 4.79 Å². The molecule has 1 saturated heterocycles. The first-order chi connectivity index (χ1) is 7.45. The van der Waals surface area contributed by atoms with Gasteiger partial charge in [0.2, 0.25) is 0 Å². The van der Waals surface area contributed by atoms with Crippen LogP contribution in [0.2, 0.25) is 0 Å². The van der Waals surface area contributed by atoms with Gasteiger partial charge >= 0.3 is 5.97 Å². The minimum Gasteiger partial charge on any atom is -0.459 e. The van der Waals surface area contributed by atoms with Gasteiger partial charge in [-0.15, -0.1) is 0 Å². The van der Waals surface area contributed by atoms with Crippen LogP contribution in [0.25, 0.3) is 0 Å². The Kier molecular flexibility index (Phi) is 4.54. The van der Waals surface area contributed by atoms with Gasteiger partial charge in [0.25, 0.3) is 0 Å². The number of esters is 1. The molecular formula is C13H22O3. The van der Waals surface area contributed by atoms with Crippen molar-refractivity contribution in [3.8, 4) is 0 Å². The van der Waals surface area contributed by atoms with Crippen molar-refractivity contribution in [2.75, 3.05) is 13.2 Å². The number of rotatable bonds is 5. The molecule has 92 valence electrons. The molecule has 1 heterocycles. The summed E-state index contributed by atoms with van der Waals surface area (Å²) in [5.41, 5.74) is 0.192. The molecule has 3 heteroatoms. The molecular weight excluding hydrogens is 204 g/mol. The van der Waals surface area contributed by atoms with E-state index in [4.69, 9.17) is 9.47 Å². The standard InChI is InChI=1S/C13H22O3/c1-10(2)8-13(6-5-7-16-13)9-15-12(14)11(3)4/h10H,3,5-9H2,1-2,4H3. The largest absolute Gasteiger partial charge is 0.459 e. The third-order valence-corrected chi connectivity index (χ3v) is 2.78. The van der Waals surface area contributed by atoms with Gasteiger partial charge in [0, 0.05) is 12.2 Å². The van der Waals surface area contributed by atoms with E-state index in [0.717, 1.165) is 25.9 Å². The average molecular weight is 226 g/mol. The molecule has 0 aromatic rings. The van der Waals surface area contributed by atoms with Gasteiger partial charge in [-0.2, -0.15) is 0 Å². The van der Waals surface area contributed by atoms with E-state index in [9.17, 15) is 4.79 Å². The van der Waals surface area contributed by atoms with E-state index >= 15 is 0 Å². The summed E-state index contributed by atoms with van der Waals surface area (Å²) in [6, 6.07) is 0. The molecule has 0 saturated carbocycles. The SMILES string of the molecule is C=C(C)C(=O)OCC1(CC(C)C)CCCO1. The minimum atomic E-state index is -0.321. The number of carbonyl (C=O) groups is 1. The van der Waals surface area contributed by atoms with Crippen molar-refractivity contribution in [1.29, 1.82) is 0 Å². The van der Waals surface area contributed by atoms with Crippen molar-refractivity contribution in [2.45, 2.75) is 45.6 Å². The Bertz CT molecular complexity index is 262. The number of carbonyl (C=O) groups excluding carboxylic acids is 1. The van der Waals surface area contributed by atoms with Gasteiger partial charge in [-0.3, -0.25) is 0 Å². The molecule has 0 aromatic carbocycles. The van der Waals surface area contributed by atoms with E-state index in [-0.39, 0.29) is 11.6 Å². The summed E-state index contributed by atoms with van der Waals surface area (Å²) in [6.07, 6.45) is 2.97. The molecule has 1 aliphatic heterocycles. The van der Waals surface area contributed by atoms with Crippen LogP contribution >= 0.6 is 0 Å². The quantitative estimate of drug-likeness (QED) is 0.534. The first-order valence-electron chi connectivity index (χ1n) is 5.92. The summed E-state index contributed by atoms with van der Waals surface area (Å²) in [5.74, 6) is 0.222. The van der Waals surface area contributed by atoms with Gasteiger partial charge < -0.3 is 9.47 Å². The van der Waals surface area contributed by atoms with Gasteiger partial charge in [0.15, 0.2) is 0 Å². The molecule has 16 heavy (non-hydrogen) atoms. The molecule has 0 bridgehead atoms. The molecule has 0 radical (unpaired) electrons. The summed E-state index contributed by atoms with van der Waals surface area (Å²) in [4.78, 5) is 11.4. The normalized spacial score (nSPS) is 24.8. The topological polar surface area (TPSA) is 35.5 Å². The molecule has 0 spiro atoms. The van der Waals surface area contributed by atoms with Crippen LogP contribution in [0.15, 0.2) is 12.2 Å². The van der Waals surface area contributed by atoms with E-state index in [1.807, 2.05) is 0 Å². The van der Waals surface area contributed by atoms with E-state index in [1.54, 1.807) is 6.92 Å². The van der Waals surface area contributed by atoms with Crippen molar-refractivity contribution in [3.05, 3.63) is 12.2 Å². The highest BCUT2D eigenvalue weighted by molar-refractivity contribution is 5.86. The Hall–Kier alpha value is -0.830. The van der Waals surface area contributed by atoms with Crippen LogP contribution < -0.4 is 0 Å². The molecule has 1 atom stereocenters. The molecule has 0 amide bonds. The molecule has 0 aromatic heterocycles. The van der Waals surface area contributed by atoms with Crippen LogP contribution in [-0.4, -0.2) is 24.8 Å². The summed E-state index contributed by atoms with van der Waals surface area (Å²) >= 11 is 0. The van der Waals surface area contributed by atoms with E-state index in [1.165, 1.54) is 0 Å². The fraction of sp³-hybridized carbons (Fsp3) is 0.769. The van der Waals surface area contributed by atoms with E-state index in [2.05, 4.69) is 20.4 Å². The van der Waals surface area contributed by atoms with Crippen LogP contribution in [0.1, 0.15) is 40.0 Å². The van der Waals surface area contributed by atoms with Gasteiger partial charge in [0.1, 0.15) is 12.2 Å². The lowest BCUT2D eigenvalue weighted by Crippen LogP contribution is -2.36. The highest BCUT2D eigenvalue weighted by atomic mass is 16.6. The van der Waals surface area contributed by atoms with Crippen molar-refractivity contribution in [2.24, 2.45) is 5.92 Å². The summed E-state index contributed by atoms with van der Waals surface area (Å²) in [6.45, 7) is 10.7. The molecule has 3 nitrogen and oxygen atoms in total. The fourth-order valence-corrected chi connectivity index (χ4v) is 2.15. The zero-order valence-corrected chi connectivity index (χ0v) is 10.5. The second kappa shape index (κ2) is 5.48. The Morgan fingerprint density at radius 2 is 2.25 bits per heavy atom. The van der Waals surface area contributed by atoms with Crippen molar-refractivity contribution < 1.29 is 14.3 Å². The summed E-state index contributed by atoms with van der Waals surface area (Å²) in [5, 5.41) is 0. The van der Waals surface area contributed by atoms with E-state index in [0.29, 0.717) is 18.1 Å². The molecule has 1 unspecified atom stereocenters. The predicted octanol–water partition coefficient (Wildman–Crippen LogP) is 2.70. The highest BCUT2D eigenvalue weighted by Gasteiger charge is 2.37. The third-order valence-electron chi connectivity index (χ3n) is 2.78. The van der Waals surface area contributed by atoms with Crippen LogP contribution in [-0.2, 0) is 14.3 Å². The lowest BCUT2D eigenvalue weighted by atomic mass is 9.90. The monoisotopic (exact) mass is 226 g/mol. The summed E-state index contributed by atoms with van der Waals surface area (Å²) < 4.78 is 11.0. The lowest BCUT2D eigenvalue weighted by Gasteiger charge is -2.29. The molecule has 1 rings (SSSR count). The zero-order valence-electron chi connectivity index (χ0n) is 10.5. The highest BCUT2D eigenvalue weighted by Crippen LogP contribution is 2.32. The van der Waals surface area contributed by atoms with Crippen molar-refractivity contribution in [3.63, 3.8) is 0 Å². The summed E-state index contributed by atoms with van der Waals surface area (Å²) in [7, 11) is 0. The smallest absolute Gasteiger partial charge is 0.333 e. The zero-order chi connectivity index (χ0) is 12.2. The fourth-order valence-electron chi connectivity index (χ4n) is 2.15. The molecule has 0 N–H and O–H groups in total. The molecule has 1 aliphatic rings. The van der Waals surface area contributed by atoms with E-state index < -0.39 is 0 Å². The second-order valence-electron chi connectivity index (χ2n) is 5.09. The Balaban J connectivity index is 2.51. The lowest BCUT2D eigenvalue weighted by molar-refractivity contribution is -0.149. The van der Waals surface area contributed by atoms with Crippen molar-refractivity contribution in [1.82, 2.24) is 0 Å². The van der Waals surface area contributed by atoms with Gasteiger partial charge in [-0.1, -0.05) is 20.4 Å². The Labute approximate surface area is 97.8 Å². The number of hydrogen-bond donors (Lipinski definition) is 0. The predicted molar refractivity (Wildman–Crippen MR) is 63.1 cm³/mol. The number of hydrogen-bond acceptors (Lipinski definition) is 3. The maximum atomic E-state index is 11.4. The Morgan fingerprint density at radius 3 is 2.69 bits per heavy atom. The van der Waals surface area contributed by atoms with Crippen LogP contribution in [0, 0.1) is 5.92 Å². The average Bonchev–Trinajstić information content (AvgIpc) is 2.62. The first-order valence-corrected chi connectivity index (χ1v) is 5.92. The first kappa shape index (κ1) is 13.2. The minimum absolute atomic E-state index is 0.251. The molecule has 0 aliphatic carbocycles. The van der Waals surface area contributed by atoms with Gasteiger partial charge in [0.05, 0.1) is 0 Å². The molecule has 1 fully saturated rings. The maximum Gasteiger partial charge on any atom is 0.333 e. The van der Waals surface area contributed by atoms with Crippen LogP contribution in [0.4, 0.5) is 0 Å². The second-order valence-corrected chi connectivity index (χ2v) is 5.09. The number of ether oxygens (including phenoxy) is 2. The van der Waals surface area contributed by atoms with Crippen LogP contribution in [0.5, 0.6) is 0 Å². The van der Waals surface area contributed by atoms with Crippen LogP contribution in [0.3, 0.4) is 0 Å².